The van der Waals surface area contributed by atoms with Gasteiger partial charge in [-0.2, -0.15) is 0 Å². The van der Waals surface area contributed by atoms with Crippen molar-refractivity contribution in [2.45, 2.75) is 37.0 Å². The monoisotopic (exact) mass is 1930 g/mol. The van der Waals surface area contributed by atoms with Crippen molar-refractivity contribution >= 4 is 165 Å². The first-order chi connectivity index (χ1) is 73.4. The number of anilines is 15. The van der Waals surface area contributed by atoms with Crippen LogP contribution in [0.1, 0.15) is 44.5 Å². The number of hydrogen-bond donors (Lipinski definition) is 0. The van der Waals surface area contributed by atoms with Crippen LogP contribution in [-0.4, -0.2) is 16.1 Å². The lowest BCUT2D eigenvalue weighted by Crippen LogP contribution is -2.49. The van der Waals surface area contributed by atoms with Crippen LogP contribution >= 0.6 is 0 Å². The average Bonchev–Trinajstić information content (AvgIpc) is 1.50. The largest absolute Gasteiger partial charge is 0.310 e. The fourth-order valence-electron chi connectivity index (χ4n) is 26.7. The van der Waals surface area contributed by atoms with E-state index < -0.39 is 27.0 Å². The second-order valence-electron chi connectivity index (χ2n) is 41.6. The zero-order valence-electron chi connectivity index (χ0n) is 83.1. The highest BCUT2D eigenvalue weighted by Crippen LogP contribution is 2.69. The number of para-hydroxylation sites is 8. The third-order valence-corrected chi connectivity index (χ3v) is 40.2. The maximum Gasteiger partial charge on any atom is 0.113 e. The molecule has 6 aliphatic rings. The van der Waals surface area contributed by atoms with E-state index in [1.165, 1.54) is 181 Å². The third kappa shape index (κ3) is 13.3. The molecule has 2 heterocycles. The maximum atomic E-state index is 2.55. The lowest BCUT2D eigenvalue weighted by molar-refractivity contribution is 0.802. The second kappa shape index (κ2) is 34.2. The molecule has 0 unspecified atom stereocenters. The quantitative estimate of drug-likeness (QED) is 0.0948. The molecule has 0 saturated carbocycles. The molecule has 149 heavy (non-hydrogen) atoms. The molecule has 0 fully saturated rings. The molecule has 0 aromatic heterocycles. The molecule has 24 aromatic carbocycles. The molecule has 7 heteroatoms. The SMILES string of the molecule is C[Si]1(C)c2ccccc2-c2cc(N(c3ccccc3)c3ccc4cc5c(cc4c3)C3(c4ccccc4-c4ccccc43)c3c-5ccc4cc(N(c5ccccc5)c5ccc6c(c5)-c5ccccc5[Si]6(C)C)ccc34)ccc21.c1ccc(N(c2ccccc2)c2ccc3cc4c(cc3c2)C2(c3ccccc3-c3ccccc32)c2c-4cc(N(c3ccccc3)c3ccccc3)c3cc(N(c4ccccc4)c4ccccc4)ccc23)cc1. The zero-order chi connectivity index (χ0) is 99.0. The van der Waals surface area contributed by atoms with Crippen molar-refractivity contribution in [3.63, 3.8) is 0 Å². The van der Waals surface area contributed by atoms with Crippen LogP contribution in [0.3, 0.4) is 0 Å². The molecule has 0 N–H and O–H groups in total. The van der Waals surface area contributed by atoms with Gasteiger partial charge in [-0.25, -0.2) is 0 Å². The summed E-state index contributed by atoms with van der Waals surface area (Å²) in [6.07, 6.45) is 0. The molecule has 0 saturated heterocycles. The van der Waals surface area contributed by atoms with E-state index in [4.69, 9.17) is 0 Å². The van der Waals surface area contributed by atoms with Crippen LogP contribution in [0.5, 0.6) is 0 Å². The third-order valence-electron chi connectivity index (χ3n) is 33.1. The van der Waals surface area contributed by atoms with E-state index in [0.717, 1.165) is 79.3 Å². The van der Waals surface area contributed by atoms with E-state index in [2.05, 4.69) is 591 Å². The molecule has 0 amide bonds. The number of fused-ring (bicyclic) bond motifs is 32. The van der Waals surface area contributed by atoms with E-state index >= 15 is 0 Å². The molecular weight excluding hydrogens is 1830 g/mol. The Balaban J connectivity index is 0.000000141. The van der Waals surface area contributed by atoms with Crippen molar-refractivity contribution in [3.8, 4) is 66.8 Å². The van der Waals surface area contributed by atoms with Gasteiger partial charge >= 0.3 is 0 Å². The van der Waals surface area contributed by atoms with Crippen molar-refractivity contribution in [1.29, 1.82) is 0 Å². The van der Waals surface area contributed by atoms with Crippen molar-refractivity contribution in [2.75, 3.05) is 24.5 Å². The van der Waals surface area contributed by atoms with Gasteiger partial charge in [0.1, 0.15) is 16.1 Å². The fourth-order valence-corrected chi connectivity index (χ4v) is 32.9. The van der Waals surface area contributed by atoms with E-state index in [0.29, 0.717) is 0 Å². The summed E-state index contributed by atoms with van der Waals surface area (Å²) in [5, 5.41) is 15.8. The minimum atomic E-state index is -1.83. The molecule has 30 rings (SSSR count). The van der Waals surface area contributed by atoms with Gasteiger partial charge in [-0.1, -0.05) is 366 Å². The van der Waals surface area contributed by atoms with Gasteiger partial charge < -0.3 is 24.5 Å². The lowest BCUT2D eigenvalue weighted by atomic mass is 9.69. The van der Waals surface area contributed by atoms with Gasteiger partial charge in [-0.15, -0.1) is 0 Å². The Bertz CT molecular complexity index is 9340. The van der Waals surface area contributed by atoms with Crippen LogP contribution in [-0.2, 0) is 10.8 Å². The molecule has 5 nitrogen and oxygen atoms in total. The highest BCUT2D eigenvalue weighted by molar-refractivity contribution is 7.04. The highest BCUT2D eigenvalue weighted by Gasteiger charge is 2.56. The molecule has 702 valence electrons. The summed E-state index contributed by atoms with van der Waals surface area (Å²) in [6, 6.07) is 202. The fraction of sp³-hybridized carbons (Fsp3) is 0.0423. The van der Waals surface area contributed by atoms with E-state index in [1.807, 2.05) is 0 Å². The lowest BCUT2D eigenvalue weighted by Gasteiger charge is -2.34. The Morgan fingerprint density at radius 3 is 0.785 bits per heavy atom. The number of rotatable bonds is 15. The van der Waals surface area contributed by atoms with Crippen LogP contribution in [0.4, 0.5) is 85.3 Å². The van der Waals surface area contributed by atoms with Crippen LogP contribution in [0.15, 0.2) is 540 Å². The summed E-state index contributed by atoms with van der Waals surface area (Å²) in [5.74, 6) is 0. The topological polar surface area (TPSA) is 16.2 Å². The molecular formula is C142H101N5Si2. The predicted molar refractivity (Wildman–Crippen MR) is 633 cm³/mol. The zero-order valence-corrected chi connectivity index (χ0v) is 85.1. The Morgan fingerprint density at radius 1 is 0.141 bits per heavy atom. The van der Waals surface area contributed by atoms with Gasteiger partial charge in [0.15, 0.2) is 0 Å². The maximum absolute atomic E-state index is 2.55. The van der Waals surface area contributed by atoms with E-state index in [1.54, 1.807) is 0 Å². The Kier molecular flexibility index (Phi) is 20.1. The first-order valence-electron chi connectivity index (χ1n) is 52.1. The predicted octanol–water partition coefficient (Wildman–Crippen LogP) is 35.6. The molecule has 0 atom stereocenters. The smallest absolute Gasteiger partial charge is 0.113 e. The van der Waals surface area contributed by atoms with Crippen molar-refractivity contribution in [3.05, 3.63) is 584 Å². The van der Waals surface area contributed by atoms with Crippen molar-refractivity contribution in [1.82, 2.24) is 0 Å². The number of nitrogens with zero attached hydrogens (tertiary/aromatic N) is 5. The van der Waals surface area contributed by atoms with E-state index in [-0.39, 0.29) is 0 Å². The Morgan fingerprint density at radius 2 is 0.409 bits per heavy atom. The summed E-state index contributed by atoms with van der Waals surface area (Å²) in [7, 11) is -3.65. The summed E-state index contributed by atoms with van der Waals surface area (Å²) < 4.78 is 0. The number of hydrogen-bond acceptors (Lipinski definition) is 5. The van der Waals surface area contributed by atoms with Gasteiger partial charge in [0.25, 0.3) is 0 Å². The normalized spacial score (nSPS) is 13.7. The van der Waals surface area contributed by atoms with Crippen LogP contribution in [0.2, 0.25) is 26.2 Å². The Hall–Kier alpha value is -18.2. The first-order valence-corrected chi connectivity index (χ1v) is 58.1. The van der Waals surface area contributed by atoms with Crippen molar-refractivity contribution in [2.24, 2.45) is 0 Å². The van der Waals surface area contributed by atoms with Gasteiger partial charge in [0, 0.05) is 85.0 Å². The van der Waals surface area contributed by atoms with Crippen LogP contribution in [0, 0.1) is 0 Å². The Labute approximate surface area is 871 Å². The van der Waals surface area contributed by atoms with Gasteiger partial charge in [-0.05, 0) is 370 Å². The average molecular weight is 1930 g/mol. The minimum absolute atomic E-state index is 0.546. The highest BCUT2D eigenvalue weighted by atomic mass is 28.3. The molecule has 4 aliphatic carbocycles. The van der Waals surface area contributed by atoms with Gasteiger partial charge in [0.05, 0.1) is 16.5 Å². The molecule has 2 spiro atoms. The summed E-state index contributed by atoms with van der Waals surface area (Å²) in [6.45, 7) is 9.99. The first kappa shape index (κ1) is 87.3. The summed E-state index contributed by atoms with van der Waals surface area (Å²) in [5.41, 5.74) is 42.1. The van der Waals surface area contributed by atoms with Gasteiger partial charge in [0.2, 0.25) is 0 Å². The molecule has 2 aliphatic heterocycles. The number of benzene rings is 24. The van der Waals surface area contributed by atoms with Crippen LogP contribution in [0.25, 0.3) is 110 Å². The molecule has 0 bridgehead atoms. The molecule has 24 aromatic rings. The van der Waals surface area contributed by atoms with E-state index in [9.17, 15) is 0 Å². The van der Waals surface area contributed by atoms with Crippen LogP contribution < -0.4 is 45.2 Å². The van der Waals surface area contributed by atoms with Crippen molar-refractivity contribution < 1.29 is 0 Å². The summed E-state index contributed by atoms with van der Waals surface area (Å²) in [4.78, 5) is 12.1. The second-order valence-corrected chi connectivity index (χ2v) is 50.3. The standard InChI is InChI=1S/C73H54N2Si2.C69H47N3/c1-76(2)68-29-17-13-25-59(68)63-45-54(35-39-70(63)76)74(50-19-7-5-8-20-50)52-33-31-47-43-62-61-37-32-48-41-53(75(51-21-9-6-10-22-51)55-36-40-71-64(46-55)60-26-14-18-30-69(60)77(71,3)4)34-38-56(48)72(61)73(67(62)44-49(47)42-52)65-27-15-11-23-57(65)58-24-12-16-28-66(58)73;1-7-23-50(24-8-1)70(51-25-9-2-10-26-51)56-40-39-48-44-61-63-47-67(72(54-31-15-5-16-32-54)55-33-17-6-18-34-55)62-46-57(71(52-27-11-3-12-28-52)53-29-13-4-14-30-53)41-42-60(62)68(63)69(66(61)45-49(48)43-56)64-37-21-19-35-58(64)59-36-20-22-38-65(59)69/h5-46H,1-4H3;1-47H. The summed E-state index contributed by atoms with van der Waals surface area (Å²) >= 11 is 0. The minimum Gasteiger partial charge on any atom is -0.310 e. The molecule has 0 radical (unpaired) electrons. The van der Waals surface area contributed by atoms with Gasteiger partial charge in [-0.3, -0.25) is 0 Å².